The lowest BCUT2D eigenvalue weighted by Crippen LogP contribution is -2.46. The van der Waals surface area contributed by atoms with Crippen LogP contribution in [0.2, 0.25) is 0 Å². The molecule has 148 valence electrons. The molecule has 0 aliphatic carbocycles. The molecule has 2 amide bonds. The van der Waals surface area contributed by atoms with E-state index in [-0.39, 0.29) is 24.0 Å². The molecule has 2 aromatic carbocycles. The molecule has 0 spiro atoms. The third kappa shape index (κ3) is 4.18. The molecular weight excluding hydrogens is 356 g/mol. The van der Waals surface area contributed by atoms with Gasteiger partial charge in [-0.2, -0.15) is 0 Å². The molecule has 4 rings (SSSR count). The molecular formula is C22H26N2O4. The third-order valence-corrected chi connectivity index (χ3v) is 5.53. The monoisotopic (exact) mass is 382 g/mol. The van der Waals surface area contributed by atoms with Gasteiger partial charge in [0.2, 0.25) is 5.91 Å². The Labute approximate surface area is 164 Å². The number of rotatable bonds is 4. The van der Waals surface area contributed by atoms with E-state index in [0.29, 0.717) is 25.3 Å². The first kappa shape index (κ1) is 18.9. The summed E-state index contributed by atoms with van der Waals surface area (Å²) in [6.07, 6.45) is 4.04. The number of nitrogens with zero attached hydrogens (tertiary/aromatic N) is 1. The van der Waals surface area contributed by atoms with Crippen molar-refractivity contribution in [2.24, 2.45) is 5.92 Å². The van der Waals surface area contributed by atoms with Crippen LogP contribution in [0.1, 0.15) is 42.5 Å². The fraction of sp³-hybridized carbons (Fsp3) is 0.455. The molecule has 0 unspecified atom stereocenters. The molecule has 2 atom stereocenters. The lowest BCUT2D eigenvalue weighted by Gasteiger charge is -2.32. The van der Waals surface area contributed by atoms with Gasteiger partial charge >= 0.3 is 0 Å². The third-order valence-electron chi connectivity index (χ3n) is 5.53. The zero-order valence-corrected chi connectivity index (χ0v) is 15.9. The quantitative estimate of drug-likeness (QED) is 0.824. The van der Waals surface area contributed by atoms with E-state index in [2.05, 4.69) is 5.48 Å². The van der Waals surface area contributed by atoms with Gasteiger partial charge in [-0.15, -0.1) is 0 Å². The summed E-state index contributed by atoms with van der Waals surface area (Å²) in [7, 11) is 0. The number of carbonyl (C=O) groups excluding carboxylic acids is 2. The minimum Gasteiger partial charge on any atom is -0.350 e. The van der Waals surface area contributed by atoms with Gasteiger partial charge in [0, 0.05) is 31.7 Å². The fourth-order valence-electron chi connectivity index (χ4n) is 3.97. The van der Waals surface area contributed by atoms with E-state index in [1.54, 1.807) is 4.90 Å². The van der Waals surface area contributed by atoms with Gasteiger partial charge in [0.15, 0.2) is 6.29 Å². The van der Waals surface area contributed by atoms with Crippen molar-refractivity contribution >= 4 is 22.6 Å². The van der Waals surface area contributed by atoms with Crippen LogP contribution in [-0.4, -0.2) is 42.7 Å². The summed E-state index contributed by atoms with van der Waals surface area (Å²) in [6.45, 7) is 1.73. The van der Waals surface area contributed by atoms with Crippen LogP contribution in [-0.2, 0) is 14.4 Å². The first-order chi connectivity index (χ1) is 13.7. The molecule has 6 nitrogen and oxygen atoms in total. The van der Waals surface area contributed by atoms with Crippen LogP contribution in [0.25, 0.3) is 10.8 Å². The van der Waals surface area contributed by atoms with Gasteiger partial charge in [-0.05, 0) is 42.5 Å². The largest absolute Gasteiger partial charge is 0.350 e. The summed E-state index contributed by atoms with van der Waals surface area (Å²) in [6, 6.07) is 13.6. The van der Waals surface area contributed by atoms with Crippen LogP contribution in [0.15, 0.2) is 42.5 Å². The Kier molecular flexibility index (Phi) is 5.88. The minimum atomic E-state index is -0.366. The summed E-state index contributed by atoms with van der Waals surface area (Å²) in [5.41, 5.74) is 3.24. The molecule has 1 N–H and O–H groups in total. The number of piperidine rings is 1. The highest BCUT2D eigenvalue weighted by Crippen LogP contribution is 2.24. The predicted octanol–water partition coefficient (Wildman–Crippen LogP) is 3.27. The van der Waals surface area contributed by atoms with E-state index in [1.165, 1.54) is 0 Å². The Morgan fingerprint density at radius 2 is 1.89 bits per heavy atom. The molecule has 0 bridgehead atoms. The van der Waals surface area contributed by atoms with Crippen LogP contribution >= 0.6 is 0 Å². The maximum Gasteiger partial charge on any atom is 0.254 e. The van der Waals surface area contributed by atoms with Gasteiger partial charge in [-0.25, -0.2) is 10.3 Å². The lowest BCUT2D eigenvalue weighted by atomic mass is 9.96. The summed E-state index contributed by atoms with van der Waals surface area (Å²) in [4.78, 5) is 32.9. The molecule has 2 aliphatic rings. The summed E-state index contributed by atoms with van der Waals surface area (Å²) in [5, 5.41) is 1.99. The van der Waals surface area contributed by atoms with Crippen LogP contribution in [0.4, 0.5) is 0 Å². The van der Waals surface area contributed by atoms with Gasteiger partial charge < -0.3 is 9.64 Å². The van der Waals surface area contributed by atoms with Gasteiger partial charge in [-0.3, -0.25) is 9.59 Å². The zero-order valence-electron chi connectivity index (χ0n) is 15.9. The number of hydrogen-bond acceptors (Lipinski definition) is 4. The summed E-state index contributed by atoms with van der Waals surface area (Å²) < 4.78 is 5.47. The lowest BCUT2D eigenvalue weighted by molar-refractivity contribution is -0.202. The van der Waals surface area contributed by atoms with Crippen LogP contribution in [0.3, 0.4) is 0 Å². The van der Waals surface area contributed by atoms with Crippen molar-refractivity contribution in [1.82, 2.24) is 10.4 Å². The zero-order chi connectivity index (χ0) is 19.3. The predicted molar refractivity (Wildman–Crippen MR) is 105 cm³/mol. The number of carbonyl (C=O) groups is 2. The van der Waals surface area contributed by atoms with Gasteiger partial charge in [0.05, 0.1) is 5.92 Å². The number of amides is 2. The number of fused-ring (bicyclic) bond motifs is 1. The first-order valence-corrected chi connectivity index (χ1v) is 10.1. The van der Waals surface area contributed by atoms with Crippen molar-refractivity contribution < 1.29 is 19.2 Å². The second kappa shape index (κ2) is 8.71. The van der Waals surface area contributed by atoms with Crippen molar-refractivity contribution in [3.05, 3.63) is 48.0 Å². The van der Waals surface area contributed by atoms with Crippen LogP contribution < -0.4 is 5.48 Å². The van der Waals surface area contributed by atoms with E-state index >= 15 is 0 Å². The average molecular weight is 382 g/mol. The Hall–Kier alpha value is -2.44. The van der Waals surface area contributed by atoms with Gasteiger partial charge in [-0.1, -0.05) is 36.4 Å². The van der Waals surface area contributed by atoms with E-state index < -0.39 is 0 Å². The smallest absolute Gasteiger partial charge is 0.254 e. The highest BCUT2D eigenvalue weighted by Gasteiger charge is 2.30. The van der Waals surface area contributed by atoms with Crippen molar-refractivity contribution in [2.75, 3.05) is 19.7 Å². The molecule has 0 radical (unpaired) electrons. The topological polar surface area (TPSA) is 67.9 Å². The second-order valence-electron chi connectivity index (χ2n) is 7.50. The molecule has 0 saturated carbocycles. The average Bonchev–Trinajstić information content (AvgIpc) is 2.77. The molecule has 2 aromatic rings. The summed E-state index contributed by atoms with van der Waals surface area (Å²) in [5.74, 6) is -0.466. The Bertz CT molecular complexity index is 842. The van der Waals surface area contributed by atoms with E-state index in [4.69, 9.17) is 9.57 Å². The molecule has 2 saturated heterocycles. The number of hydroxylamine groups is 1. The van der Waals surface area contributed by atoms with Gasteiger partial charge in [0.25, 0.3) is 5.91 Å². The number of benzene rings is 2. The Morgan fingerprint density at radius 1 is 1.04 bits per heavy atom. The maximum atomic E-state index is 13.1. The minimum absolute atomic E-state index is 0.0224. The molecule has 2 aliphatic heterocycles. The highest BCUT2D eigenvalue weighted by molar-refractivity contribution is 6.07. The molecule has 6 heteroatoms. The molecule has 2 heterocycles. The Morgan fingerprint density at radius 3 is 2.75 bits per heavy atom. The number of likely N-dealkylation sites (tertiary alicyclic amines) is 1. The van der Waals surface area contributed by atoms with E-state index in [0.717, 1.165) is 42.9 Å². The molecule has 0 aromatic heterocycles. The number of ether oxygens (including phenoxy) is 1. The van der Waals surface area contributed by atoms with E-state index in [1.807, 2.05) is 42.5 Å². The Balaban J connectivity index is 1.40. The second-order valence-corrected chi connectivity index (χ2v) is 7.50. The van der Waals surface area contributed by atoms with Crippen molar-refractivity contribution in [3.63, 3.8) is 0 Å². The first-order valence-electron chi connectivity index (χ1n) is 10.1. The normalized spacial score (nSPS) is 22.8. The summed E-state index contributed by atoms with van der Waals surface area (Å²) >= 11 is 0. The van der Waals surface area contributed by atoms with Gasteiger partial charge in [0.1, 0.15) is 0 Å². The SMILES string of the molecule is O=C(NO[C@@H]1CCCCO1)[C@H]1CCCN(C(=O)c2cccc3ccccc23)C1. The van der Waals surface area contributed by atoms with Crippen molar-refractivity contribution in [2.45, 2.75) is 38.4 Å². The standard InChI is InChI=1S/C22H26N2O4/c25-21(23-28-20-12-3-4-14-27-20)17-9-6-13-24(15-17)22(26)19-11-5-8-16-7-1-2-10-18(16)19/h1-2,5,7-8,10-11,17,20H,3-4,6,9,12-15H2,(H,23,25)/t17-,20+/m0/s1. The molecule has 28 heavy (non-hydrogen) atoms. The maximum absolute atomic E-state index is 13.1. The van der Waals surface area contributed by atoms with Crippen LogP contribution in [0.5, 0.6) is 0 Å². The number of hydrogen-bond donors (Lipinski definition) is 1. The van der Waals surface area contributed by atoms with Crippen molar-refractivity contribution in [3.8, 4) is 0 Å². The van der Waals surface area contributed by atoms with Crippen LogP contribution in [0, 0.1) is 5.92 Å². The number of nitrogens with one attached hydrogen (secondary N) is 1. The van der Waals surface area contributed by atoms with E-state index in [9.17, 15) is 9.59 Å². The van der Waals surface area contributed by atoms with Crippen molar-refractivity contribution in [1.29, 1.82) is 0 Å². The fourth-order valence-corrected chi connectivity index (χ4v) is 3.97. The molecule has 2 fully saturated rings. The highest BCUT2D eigenvalue weighted by atomic mass is 16.8.